The zero-order valence-electron chi connectivity index (χ0n) is 11.4. The smallest absolute Gasteiger partial charge is 0.0978 e. The fraction of sp³-hybridized carbons (Fsp3) is 0.118. The third kappa shape index (κ3) is 3.15. The van der Waals surface area contributed by atoms with Crippen molar-refractivity contribution in [1.29, 1.82) is 0 Å². The summed E-state index contributed by atoms with van der Waals surface area (Å²) in [6, 6.07) is 17.6. The summed E-state index contributed by atoms with van der Waals surface area (Å²) < 4.78 is 1.85. The number of halogens is 1. The van der Waals surface area contributed by atoms with Crippen LogP contribution in [0.2, 0.25) is 5.02 Å². The summed E-state index contributed by atoms with van der Waals surface area (Å²) in [5.41, 5.74) is 3.74. The number of aromatic nitrogens is 2. The SMILES string of the molecule is OCc1cn(Cc2ccccc2)nc1-c1ccc(Cl)cc1. The van der Waals surface area contributed by atoms with E-state index in [0.29, 0.717) is 11.6 Å². The molecule has 1 N–H and O–H groups in total. The molecule has 0 spiro atoms. The molecule has 106 valence electrons. The van der Waals surface area contributed by atoms with Crippen LogP contribution in [0.1, 0.15) is 11.1 Å². The molecule has 0 aliphatic heterocycles. The van der Waals surface area contributed by atoms with E-state index in [4.69, 9.17) is 11.6 Å². The van der Waals surface area contributed by atoms with Gasteiger partial charge >= 0.3 is 0 Å². The fourth-order valence-corrected chi connectivity index (χ4v) is 2.41. The van der Waals surface area contributed by atoms with E-state index in [1.807, 2.05) is 53.3 Å². The van der Waals surface area contributed by atoms with Crippen molar-refractivity contribution in [3.8, 4) is 11.3 Å². The predicted molar refractivity (Wildman–Crippen MR) is 84.1 cm³/mol. The molecule has 0 saturated carbocycles. The zero-order valence-corrected chi connectivity index (χ0v) is 12.2. The lowest BCUT2D eigenvalue weighted by atomic mass is 10.1. The Morgan fingerprint density at radius 3 is 2.38 bits per heavy atom. The zero-order chi connectivity index (χ0) is 14.7. The van der Waals surface area contributed by atoms with Crippen molar-refractivity contribution in [3.63, 3.8) is 0 Å². The van der Waals surface area contributed by atoms with Gasteiger partial charge in [0.2, 0.25) is 0 Å². The van der Waals surface area contributed by atoms with Gasteiger partial charge in [0.15, 0.2) is 0 Å². The van der Waals surface area contributed by atoms with Crippen molar-refractivity contribution in [1.82, 2.24) is 9.78 Å². The first kappa shape index (κ1) is 13.9. The fourth-order valence-electron chi connectivity index (χ4n) is 2.28. The van der Waals surface area contributed by atoms with Crippen molar-refractivity contribution >= 4 is 11.6 Å². The molecule has 3 nitrogen and oxygen atoms in total. The Morgan fingerprint density at radius 2 is 1.71 bits per heavy atom. The molecule has 2 aromatic carbocycles. The second kappa shape index (κ2) is 6.12. The molecule has 0 fully saturated rings. The Kier molecular flexibility index (Phi) is 4.04. The standard InChI is InChI=1S/C17H15ClN2O/c18-16-8-6-14(7-9-16)17-15(12-21)11-20(19-17)10-13-4-2-1-3-5-13/h1-9,11,21H,10,12H2. The lowest BCUT2D eigenvalue weighted by Crippen LogP contribution is -1.99. The molecule has 3 rings (SSSR count). The van der Waals surface area contributed by atoms with E-state index < -0.39 is 0 Å². The monoisotopic (exact) mass is 298 g/mol. The van der Waals surface area contributed by atoms with E-state index in [2.05, 4.69) is 17.2 Å². The van der Waals surface area contributed by atoms with E-state index in [1.165, 1.54) is 5.56 Å². The van der Waals surface area contributed by atoms with Gasteiger partial charge in [-0.1, -0.05) is 54.1 Å². The summed E-state index contributed by atoms with van der Waals surface area (Å²) >= 11 is 5.91. The number of aliphatic hydroxyl groups excluding tert-OH is 1. The topological polar surface area (TPSA) is 38.0 Å². The largest absolute Gasteiger partial charge is 0.392 e. The maximum absolute atomic E-state index is 9.53. The molecule has 0 aliphatic carbocycles. The summed E-state index contributed by atoms with van der Waals surface area (Å²) in [5.74, 6) is 0. The molecule has 21 heavy (non-hydrogen) atoms. The molecule has 0 radical (unpaired) electrons. The molecule has 0 amide bonds. The van der Waals surface area contributed by atoms with Crippen LogP contribution in [0.15, 0.2) is 60.8 Å². The lowest BCUT2D eigenvalue weighted by molar-refractivity contribution is 0.282. The first-order valence-electron chi connectivity index (χ1n) is 6.73. The lowest BCUT2D eigenvalue weighted by Gasteiger charge is -2.01. The molecule has 0 aliphatic rings. The number of aliphatic hydroxyl groups is 1. The highest BCUT2D eigenvalue weighted by Gasteiger charge is 2.10. The van der Waals surface area contributed by atoms with Crippen molar-refractivity contribution in [2.24, 2.45) is 0 Å². The van der Waals surface area contributed by atoms with Gasteiger partial charge < -0.3 is 5.11 Å². The van der Waals surface area contributed by atoms with Gasteiger partial charge in [0, 0.05) is 22.3 Å². The molecule has 3 aromatic rings. The number of benzene rings is 2. The second-order valence-corrected chi connectivity index (χ2v) is 5.29. The van der Waals surface area contributed by atoms with Gasteiger partial charge in [0.1, 0.15) is 0 Å². The molecule has 0 bridgehead atoms. The van der Waals surface area contributed by atoms with E-state index in [-0.39, 0.29) is 6.61 Å². The highest BCUT2D eigenvalue weighted by Crippen LogP contribution is 2.24. The summed E-state index contributed by atoms with van der Waals surface area (Å²) in [4.78, 5) is 0. The van der Waals surface area contributed by atoms with Crippen LogP contribution in [0.4, 0.5) is 0 Å². The predicted octanol–water partition coefficient (Wildman–Crippen LogP) is 3.74. The average Bonchev–Trinajstić information content (AvgIpc) is 2.92. The Hall–Kier alpha value is -2.10. The van der Waals surface area contributed by atoms with Crippen LogP contribution in [0.25, 0.3) is 11.3 Å². The number of rotatable bonds is 4. The quantitative estimate of drug-likeness (QED) is 0.797. The maximum Gasteiger partial charge on any atom is 0.0978 e. The van der Waals surface area contributed by atoms with E-state index in [0.717, 1.165) is 16.8 Å². The van der Waals surface area contributed by atoms with Crippen molar-refractivity contribution in [2.75, 3.05) is 0 Å². The first-order valence-corrected chi connectivity index (χ1v) is 7.11. The van der Waals surface area contributed by atoms with Crippen LogP contribution >= 0.6 is 11.6 Å². The highest BCUT2D eigenvalue weighted by molar-refractivity contribution is 6.30. The maximum atomic E-state index is 9.53. The summed E-state index contributed by atoms with van der Waals surface area (Å²) in [7, 11) is 0. The van der Waals surface area contributed by atoms with Crippen molar-refractivity contribution < 1.29 is 5.11 Å². The molecular formula is C17H15ClN2O. The third-order valence-corrected chi connectivity index (χ3v) is 3.56. The summed E-state index contributed by atoms with van der Waals surface area (Å²) in [6.07, 6.45) is 1.89. The van der Waals surface area contributed by atoms with Gasteiger partial charge in [-0.2, -0.15) is 5.10 Å². The van der Waals surface area contributed by atoms with Crippen molar-refractivity contribution in [3.05, 3.63) is 76.9 Å². The van der Waals surface area contributed by atoms with Gasteiger partial charge in [-0.05, 0) is 17.7 Å². The molecule has 4 heteroatoms. The van der Waals surface area contributed by atoms with Crippen LogP contribution in [-0.2, 0) is 13.2 Å². The number of hydrogen-bond acceptors (Lipinski definition) is 2. The van der Waals surface area contributed by atoms with Crippen molar-refractivity contribution in [2.45, 2.75) is 13.2 Å². The first-order chi connectivity index (χ1) is 10.3. The van der Waals surface area contributed by atoms with Crippen LogP contribution in [0, 0.1) is 0 Å². The second-order valence-electron chi connectivity index (χ2n) is 4.85. The molecule has 0 atom stereocenters. The highest BCUT2D eigenvalue weighted by atomic mass is 35.5. The van der Waals surface area contributed by atoms with E-state index in [9.17, 15) is 5.11 Å². The van der Waals surface area contributed by atoms with Gasteiger partial charge in [0.05, 0.1) is 18.8 Å². The minimum Gasteiger partial charge on any atom is -0.392 e. The van der Waals surface area contributed by atoms with E-state index in [1.54, 1.807) is 0 Å². The van der Waals surface area contributed by atoms with Crippen LogP contribution in [0.3, 0.4) is 0 Å². The number of nitrogens with zero attached hydrogens (tertiary/aromatic N) is 2. The van der Waals surface area contributed by atoms with Crippen LogP contribution in [0.5, 0.6) is 0 Å². The molecule has 1 heterocycles. The average molecular weight is 299 g/mol. The minimum atomic E-state index is -0.0350. The Labute approximate surface area is 128 Å². The molecule has 1 aromatic heterocycles. The number of hydrogen-bond donors (Lipinski definition) is 1. The summed E-state index contributed by atoms with van der Waals surface area (Å²) in [5, 5.41) is 14.8. The third-order valence-electron chi connectivity index (χ3n) is 3.31. The van der Waals surface area contributed by atoms with E-state index >= 15 is 0 Å². The van der Waals surface area contributed by atoms with Gasteiger partial charge in [-0.3, -0.25) is 4.68 Å². The molecular weight excluding hydrogens is 284 g/mol. The van der Waals surface area contributed by atoms with Gasteiger partial charge in [-0.15, -0.1) is 0 Å². The molecule has 0 unspecified atom stereocenters. The Bertz CT molecular complexity index is 720. The summed E-state index contributed by atoms with van der Waals surface area (Å²) in [6.45, 7) is 0.647. The van der Waals surface area contributed by atoms with Gasteiger partial charge in [0.25, 0.3) is 0 Å². The Balaban J connectivity index is 1.93. The van der Waals surface area contributed by atoms with Crippen LogP contribution < -0.4 is 0 Å². The van der Waals surface area contributed by atoms with Crippen LogP contribution in [-0.4, -0.2) is 14.9 Å². The Morgan fingerprint density at radius 1 is 1.00 bits per heavy atom. The van der Waals surface area contributed by atoms with Gasteiger partial charge in [-0.25, -0.2) is 0 Å². The normalized spacial score (nSPS) is 10.8. The molecule has 0 saturated heterocycles. The minimum absolute atomic E-state index is 0.0350.